The molecule has 3 nitrogen and oxygen atoms in total. The summed E-state index contributed by atoms with van der Waals surface area (Å²) in [6.45, 7) is 4.99. The molecule has 3 heteroatoms. The van der Waals surface area contributed by atoms with Gasteiger partial charge in [0.1, 0.15) is 0 Å². The maximum atomic E-state index is 11.3. The normalized spacial score (nSPS) is 37.6. The zero-order chi connectivity index (χ0) is 9.71. The van der Waals surface area contributed by atoms with E-state index in [2.05, 4.69) is 4.90 Å². The highest BCUT2D eigenvalue weighted by molar-refractivity contribution is 5.73. The van der Waals surface area contributed by atoms with Gasteiger partial charge in [-0.05, 0) is 31.7 Å². The summed E-state index contributed by atoms with van der Waals surface area (Å²) in [6.07, 6.45) is 4.09. The highest BCUT2D eigenvalue weighted by atomic mass is 16.2. The first-order valence-electron chi connectivity index (χ1n) is 5.77. The molecule has 1 amide bonds. The smallest absolute Gasteiger partial charge is 0.219 e. The number of carbonyl (C=O) groups is 1. The lowest BCUT2D eigenvalue weighted by atomic mass is 10.1. The monoisotopic (exact) mass is 194 g/mol. The largest absolute Gasteiger partial charge is 0.341 e. The van der Waals surface area contributed by atoms with Crippen molar-refractivity contribution in [2.45, 2.75) is 38.3 Å². The quantitative estimate of drug-likeness (QED) is 0.613. The van der Waals surface area contributed by atoms with Crippen molar-refractivity contribution in [1.29, 1.82) is 0 Å². The van der Waals surface area contributed by atoms with E-state index in [1.165, 1.54) is 25.8 Å². The van der Waals surface area contributed by atoms with Crippen molar-refractivity contribution < 1.29 is 4.79 Å². The Balaban J connectivity index is 1.70. The molecule has 0 aromatic heterocycles. The van der Waals surface area contributed by atoms with Crippen LogP contribution in [-0.2, 0) is 4.79 Å². The Morgan fingerprint density at radius 1 is 1.21 bits per heavy atom. The first kappa shape index (κ1) is 8.72. The number of carbonyl (C=O) groups excluding carboxylic acids is 1. The van der Waals surface area contributed by atoms with Gasteiger partial charge in [-0.1, -0.05) is 0 Å². The molecule has 0 bridgehead atoms. The fourth-order valence-corrected chi connectivity index (χ4v) is 3.11. The van der Waals surface area contributed by atoms with E-state index < -0.39 is 0 Å². The van der Waals surface area contributed by atoms with Gasteiger partial charge in [0.2, 0.25) is 5.91 Å². The van der Waals surface area contributed by atoms with Gasteiger partial charge in [0.05, 0.1) is 0 Å². The van der Waals surface area contributed by atoms with Gasteiger partial charge >= 0.3 is 0 Å². The summed E-state index contributed by atoms with van der Waals surface area (Å²) in [5.74, 6) is 1.04. The van der Waals surface area contributed by atoms with Crippen LogP contribution in [0.3, 0.4) is 0 Å². The number of hydrogen-bond donors (Lipinski definition) is 0. The molecule has 3 rings (SSSR count). The maximum Gasteiger partial charge on any atom is 0.219 e. The molecule has 0 radical (unpaired) electrons. The van der Waals surface area contributed by atoms with Crippen LogP contribution in [0.2, 0.25) is 0 Å². The van der Waals surface area contributed by atoms with Crippen molar-refractivity contribution in [3.8, 4) is 0 Å². The van der Waals surface area contributed by atoms with E-state index in [0.717, 1.165) is 25.0 Å². The minimum Gasteiger partial charge on any atom is -0.341 e. The van der Waals surface area contributed by atoms with Crippen molar-refractivity contribution in [2.75, 3.05) is 19.6 Å². The molecule has 3 aliphatic rings. The third kappa shape index (κ3) is 1.26. The average Bonchev–Trinajstić information content (AvgIpc) is 2.77. The summed E-state index contributed by atoms with van der Waals surface area (Å²) in [5.41, 5.74) is 0. The molecule has 2 heterocycles. The van der Waals surface area contributed by atoms with Gasteiger partial charge in [-0.2, -0.15) is 0 Å². The average molecular weight is 194 g/mol. The first-order valence-corrected chi connectivity index (χ1v) is 5.77. The Bertz CT molecular complexity index is 262. The number of likely N-dealkylation sites (tertiary alicyclic amines) is 2. The molecule has 2 atom stereocenters. The topological polar surface area (TPSA) is 23.6 Å². The molecular weight excluding hydrogens is 176 g/mol. The second kappa shape index (κ2) is 2.96. The van der Waals surface area contributed by atoms with Gasteiger partial charge in [0, 0.05) is 32.1 Å². The third-order valence-corrected chi connectivity index (χ3v) is 4.05. The molecule has 0 aromatic carbocycles. The van der Waals surface area contributed by atoms with E-state index in [4.69, 9.17) is 0 Å². The lowest BCUT2D eigenvalue weighted by Crippen LogP contribution is -2.37. The predicted octanol–water partition coefficient (Wildman–Crippen LogP) is 0.701. The SMILES string of the molecule is CC(=O)N1C[C@H]2CCN(C3CC3)[C@H]2C1. The molecule has 0 N–H and O–H groups in total. The van der Waals surface area contributed by atoms with Crippen molar-refractivity contribution >= 4 is 5.91 Å². The van der Waals surface area contributed by atoms with Crippen LogP contribution in [0.1, 0.15) is 26.2 Å². The Morgan fingerprint density at radius 3 is 2.64 bits per heavy atom. The minimum atomic E-state index is 0.259. The van der Waals surface area contributed by atoms with Crippen LogP contribution in [0.4, 0.5) is 0 Å². The van der Waals surface area contributed by atoms with Crippen LogP contribution in [0.5, 0.6) is 0 Å². The number of nitrogens with zero attached hydrogens (tertiary/aromatic N) is 2. The molecule has 14 heavy (non-hydrogen) atoms. The number of hydrogen-bond acceptors (Lipinski definition) is 2. The third-order valence-electron chi connectivity index (χ3n) is 4.05. The van der Waals surface area contributed by atoms with Gasteiger partial charge in [-0.25, -0.2) is 0 Å². The van der Waals surface area contributed by atoms with Crippen LogP contribution in [-0.4, -0.2) is 47.4 Å². The molecule has 0 spiro atoms. The summed E-state index contributed by atoms with van der Waals surface area (Å²) < 4.78 is 0. The summed E-state index contributed by atoms with van der Waals surface area (Å²) in [4.78, 5) is 16.0. The van der Waals surface area contributed by atoms with Crippen LogP contribution in [0, 0.1) is 5.92 Å². The van der Waals surface area contributed by atoms with E-state index in [1.54, 1.807) is 6.92 Å². The van der Waals surface area contributed by atoms with Gasteiger partial charge < -0.3 is 4.90 Å². The number of amides is 1. The van der Waals surface area contributed by atoms with Gasteiger partial charge in [-0.3, -0.25) is 9.69 Å². The Morgan fingerprint density at radius 2 is 2.00 bits per heavy atom. The summed E-state index contributed by atoms with van der Waals surface area (Å²) in [6, 6.07) is 1.57. The molecule has 3 fully saturated rings. The number of fused-ring (bicyclic) bond motifs is 1. The zero-order valence-electron chi connectivity index (χ0n) is 8.78. The van der Waals surface area contributed by atoms with Crippen molar-refractivity contribution in [3.05, 3.63) is 0 Å². The summed E-state index contributed by atoms with van der Waals surface area (Å²) >= 11 is 0. The molecule has 2 saturated heterocycles. The first-order chi connectivity index (χ1) is 6.75. The fourth-order valence-electron chi connectivity index (χ4n) is 3.11. The highest BCUT2D eigenvalue weighted by Crippen LogP contribution is 2.39. The van der Waals surface area contributed by atoms with Gasteiger partial charge in [-0.15, -0.1) is 0 Å². The van der Waals surface area contributed by atoms with E-state index in [1.807, 2.05) is 4.90 Å². The van der Waals surface area contributed by atoms with E-state index in [-0.39, 0.29) is 5.91 Å². The zero-order valence-corrected chi connectivity index (χ0v) is 8.78. The predicted molar refractivity (Wildman–Crippen MR) is 53.9 cm³/mol. The van der Waals surface area contributed by atoms with Gasteiger partial charge in [0.25, 0.3) is 0 Å². The Labute approximate surface area is 85.1 Å². The summed E-state index contributed by atoms with van der Waals surface area (Å²) in [7, 11) is 0. The van der Waals surface area contributed by atoms with Crippen molar-refractivity contribution in [1.82, 2.24) is 9.80 Å². The summed E-state index contributed by atoms with van der Waals surface area (Å²) in [5, 5.41) is 0. The Hall–Kier alpha value is -0.570. The van der Waals surface area contributed by atoms with Crippen LogP contribution < -0.4 is 0 Å². The van der Waals surface area contributed by atoms with Crippen LogP contribution in [0.25, 0.3) is 0 Å². The number of rotatable bonds is 1. The molecule has 1 saturated carbocycles. The minimum absolute atomic E-state index is 0.259. The molecule has 0 aromatic rings. The van der Waals surface area contributed by atoms with Crippen molar-refractivity contribution in [2.24, 2.45) is 5.92 Å². The van der Waals surface area contributed by atoms with Crippen LogP contribution >= 0.6 is 0 Å². The highest BCUT2D eigenvalue weighted by Gasteiger charge is 2.46. The van der Waals surface area contributed by atoms with Crippen LogP contribution in [0.15, 0.2) is 0 Å². The Kier molecular flexibility index (Phi) is 1.84. The maximum absolute atomic E-state index is 11.3. The van der Waals surface area contributed by atoms with E-state index in [0.29, 0.717) is 6.04 Å². The lowest BCUT2D eigenvalue weighted by Gasteiger charge is -2.23. The fraction of sp³-hybridized carbons (Fsp3) is 0.909. The molecule has 78 valence electrons. The second-order valence-corrected chi connectivity index (χ2v) is 5.01. The van der Waals surface area contributed by atoms with E-state index in [9.17, 15) is 4.79 Å². The molecule has 1 aliphatic carbocycles. The second-order valence-electron chi connectivity index (χ2n) is 5.01. The molecular formula is C11H18N2O. The standard InChI is InChI=1S/C11H18N2O/c1-8(14)12-6-9-4-5-13(10-2-3-10)11(9)7-12/h9-11H,2-7H2,1H3/t9-,11+/m1/s1. The lowest BCUT2D eigenvalue weighted by molar-refractivity contribution is -0.128. The molecule has 2 aliphatic heterocycles. The van der Waals surface area contributed by atoms with E-state index >= 15 is 0 Å². The van der Waals surface area contributed by atoms with Gasteiger partial charge in [0.15, 0.2) is 0 Å². The van der Waals surface area contributed by atoms with Crippen molar-refractivity contribution in [3.63, 3.8) is 0 Å². The molecule has 0 unspecified atom stereocenters.